The molecule has 2 saturated heterocycles. The number of nitrogens with zero attached hydrogens (tertiary/aromatic N) is 2. The lowest BCUT2D eigenvalue weighted by molar-refractivity contribution is 0.290. The highest BCUT2D eigenvalue weighted by Gasteiger charge is 2.14. The van der Waals surface area contributed by atoms with E-state index < -0.39 is 0 Å². The van der Waals surface area contributed by atoms with Crippen LogP contribution >= 0.6 is 0 Å². The average molecular weight is 239 g/mol. The number of nitrogens with one attached hydrogen (secondary N) is 1. The Morgan fingerprint density at radius 1 is 0.941 bits per heavy atom. The van der Waals surface area contributed by atoms with E-state index in [0.717, 1.165) is 0 Å². The SMILES string of the molecule is CC(CN1CCCC1)NCCCN1CCCC1. The Hall–Kier alpha value is -0.120. The molecule has 2 rings (SSSR count). The van der Waals surface area contributed by atoms with Crippen LogP contribution in [0.5, 0.6) is 0 Å². The molecule has 1 N–H and O–H groups in total. The van der Waals surface area contributed by atoms with Crippen molar-refractivity contribution in [2.24, 2.45) is 0 Å². The highest BCUT2D eigenvalue weighted by Crippen LogP contribution is 2.08. The average Bonchev–Trinajstić information content (AvgIpc) is 2.96. The van der Waals surface area contributed by atoms with Crippen LogP contribution in [0.25, 0.3) is 0 Å². The van der Waals surface area contributed by atoms with E-state index in [1.54, 1.807) is 0 Å². The Bertz CT molecular complexity index is 196. The normalized spacial score (nSPS) is 24.5. The van der Waals surface area contributed by atoms with Gasteiger partial charge in [0, 0.05) is 12.6 Å². The second kappa shape index (κ2) is 7.34. The molecule has 0 aromatic carbocycles. The quantitative estimate of drug-likeness (QED) is 0.680. The van der Waals surface area contributed by atoms with Gasteiger partial charge in [-0.1, -0.05) is 0 Å². The molecule has 0 aromatic heterocycles. The molecule has 100 valence electrons. The van der Waals surface area contributed by atoms with Crippen LogP contribution in [0.4, 0.5) is 0 Å². The number of likely N-dealkylation sites (tertiary alicyclic amines) is 2. The predicted octanol–water partition coefficient (Wildman–Crippen LogP) is 1.55. The van der Waals surface area contributed by atoms with Gasteiger partial charge in [0.15, 0.2) is 0 Å². The molecule has 17 heavy (non-hydrogen) atoms. The summed E-state index contributed by atoms with van der Waals surface area (Å²) in [6, 6.07) is 0.659. The Balaban J connectivity index is 1.46. The first-order valence-corrected chi connectivity index (χ1v) is 7.53. The van der Waals surface area contributed by atoms with Crippen LogP contribution in [0.2, 0.25) is 0 Å². The summed E-state index contributed by atoms with van der Waals surface area (Å²) in [5.41, 5.74) is 0. The fraction of sp³-hybridized carbons (Fsp3) is 1.00. The zero-order valence-corrected chi connectivity index (χ0v) is 11.5. The third-order valence-corrected chi connectivity index (χ3v) is 4.07. The van der Waals surface area contributed by atoms with Gasteiger partial charge in [0.1, 0.15) is 0 Å². The van der Waals surface area contributed by atoms with Crippen LogP contribution in [-0.2, 0) is 0 Å². The predicted molar refractivity (Wildman–Crippen MR) is 73.4 cm³/mol. The topological polar surface area (TPSA) is 18.5 Å². The summed E-state index contributed by atoms with van der Waals surface area (Å²) in [5, 5.41) is 3.67. The van der Waals surface area contributed by atoms with Crippen molar-refractivity contribution in [1.29, 1.82) is 0 Å². The molecule has 2 fully saturated rings. The van der Waals surface area contributed by atoms with Gasteiger partial charge in [-0.2, -0.15) is 0 Å². The molecule has 3 heteroatoms. The Morgan fingerprint density at radius 2 is 1.53 bits per heavy atom. The van der Waals surface area contributed by atoms with Crippen LogP contribution in [-0.4, -0.2) is 61.7 Å². The van der Waals surface area contributed by atoms with Crippen molar-refractivity contribution in [3.05, 3.63) is 0 Å². The second-order valence-corrected chi connectivity index (χ2v) is 5.77. The van der Waals surface area contributed by atoms with Gasteiger partial charge in [0.05, 0.1) is 0 Å². The molecule has 2 aliphatic rings. The fourth-order valence-corrected chi connectivity index (χ4v) is 3.07. The smallest absolute Gasteiger partial charge is 0.0166 e. The maximum atomic E-state index is 3.67. The van der Waals surface area contributed by atoms with Gasteiger partial charge in [0.25, 0.3) is 0 Å². The molecule has 0 bridgehead atoms. The van der Waals surface area contributed by atoms with Crippen LogP contribution in [0.15, 0.2) is 0 Å². The van der Waals surface area contributed by atoms with E-state index in [1.807, 2.05) is 0 Å². The highest BCUT2D eigenvalue weighted by atomic mass is 15.2. The van der Waals surface area contributed by atoms with Gasteiger partial charge in [-0.15, -0.1) is 0 Å². The number of hydrogen-bond donors (Lipinski definition) is 1. The minimum Gasteiger partial charge on any atom is -0.313 e. The lowest BCUT2D eigenvalue weighted by Gasteiger charge is -2.22. The van der Waals surface area contributed by atoms with Crippen molar-refractivity contribution in [1.82, 2.24) is 15.1 Å². The maximum Gasteiger partial charge on any atom is 0.0166 e. The summed E-state index contributed by atoms with van der Waals surface area (Å²) in [7, 11) is 0. The Labute approximate surface area is 107 Å². The molecule has 0 aromatic rings. The van der Waals surface area contributed by atoms with Gasteiger partial charge in [-0.25, -0.2) is 0 Å². The Kier molecular flexibility index (Phi) is 5.75. The summed E-state index contributed by atoms with van der Waals surface area (Å²) in [4.78, 5) is 5.20. The molecule has 1 unspecified atom stereocenters. The fourth-order valence-electron chi connectivity index (χ4n) is 3.07. The van der Waals surface area contributed by atoms with Crippen molar-refractivity contribution in [2.75, 3.05) is 45.8 Å². The lowest BCUT2D eigenvalue weighted by Crippen LogP contribution is -2.39. The van der Waals surface area contributed by atoms with Crippen molar-refractivity contribution in [3.8, 4) is 0 Å². The van der Waals surface area contributed by atoms with Crippen molar-refractivity contribution in [3.63, 3.8) is 0 Å². The van der Waals surface area contributed by atoms with Gasteiger partial charge in [0.2, 0.25) is 0 Å². The maximum absolute atomic E-state index is 3.67. The first-order valence-electron chi connectivity index (χ1n) is 7.53. The first kappa shape index (κ1) is 13.3. The third-order valence-electron chi connectivity index (χ3n) is 4.07. The van der Waals surface area contributed by atoms with E-state index in [1.165, 1.54) is 77.9 Å². The summed E-state index contributed by atoms with van der Waals surface area (Å²) < 4.78 is 0. The van der Waals surface area contributed by atoms with Gasteiger partial charge in [-0.3, -0.25) is 0 Å². The Morgan fingerprint density at radius 3 is 2.18 bits per heavy atom. The van der Waals surface area contributed by atoms with Gasteiger partial charge in [-0.05, 0) is 78.3 Å². The molecule has 0 aliphatic carbocycles. The van der Waals surface area contributed by atoms with E-state index in [0.29, 0.717) is 6.04 Å². The second-order valence-electron chi connectivity index (χ2n) is 5.77. The summed E-state index contributed by atoms with van der Waals surface area (Å²) >= 11 is 0. The summed E-state index contributed by atoms with van der Waals surface area (Å²) in [5.74, 6) is 0. The monoisotopic (exact) mass is 239 g/mol. The minimum absolute atomic E-state index is 0.659. The van der Waals surface area contributed by atoms with Crippen LogP contribution in [0.1, 0.15) is 39.0 Å². The molecule has 0 saturated carbocycles. The lowest BCUT2D eigenvalue weighted by atomic mass is 10.3. The van der Waals surface area contributed by atoms with Crippen molar-refractivity contribution >= 4 is 0 Å². The van der Waals surface area contributed by atoms with Crippen LogP contribution < -0.4 is 5.32 Å². The largest absolute Gasteiger partial charge is 0.313 e. The molecule has 0 amide bonds. The van der Waals surface area contributed by atoms with Crippen LogP contribution in [0, 0.1) is 0 Å². The van der Waals surface area contributed by atoms with Gasteiger partial charge < -0.3 is 15.1 Å². The first-order chi connectivity index (χ1) is 8.34. The molecule has 3 nitrogen and oxygen atoms in total. The summed E-state index contributed by atoms with van der Waals surface area (Å²) in [6.07, 6.45) is 6.95. The zero-order valence-electron chi connectivity index (χ0n) is 11.5. The molecular formula is C14H29N3. The molecule has 0 radical (unpaired) electrons. The third kappa shape index (κ3) is 4.94. The molecule has 2 aliphatic heterocycles. The van der Waals surface area contributed by atoms with Crippen molar-refractivity contribution < 1.29 is 0 Å². The summed E-state index contributed by atoms with van der Waals surface area (Å²) in [6.45, 7) is 11.4. The van der Waals surface area contributed by atoms with Gasteiger partial charge >= 0.3 is 0 Å². The van der Waals surface area contributed by atoms with E-state index >= 15 is 0 Å². The van der Waals surface area contributed by atoms with E-state index in [4.69, 9.17) is 0 Å². The molecular weight excluding hydrogens is 210 g/mol. The molecule has 0 spiro atoms. The highest BCUT2D eigenvalue weighted by molar-refractivity contribution is 4.73. The molecule has 2 heterocycles. The molecule has 1 atom stereocenters. The van der Waals surface area contributed by atoms with Crippen molar-refractivity contribution in [2.45, 2.75) is 45.1 Å². The standard InChI is InChI=1S/C14H29N3/c1-14(13-17-10-4-5-11-17)15-7-6-12-16-8-2-3-9-16/h14-15H,2-13H2,1H3. The number of hydrogen-bond acceptors (Lipinski definition) is 3. The van der Waals surface area contributed by atoms with E-state index in [-0.39, 0.29) is 0 Å². The minimum atomic E-state index is 0.659. The van der Waals surface area contributed by atoms with Crippen LogP contribution in [0.3, 0.4) is 0 Å². The van der Waals surface area contributed by atoms with E-state index in [2.05, 4.69) is 22.0 Å². The number of rotatable bonds is 7. The van der Waals surface area contributed by atoms with E-state index in [9.17, 15) is 0 Å². The zero-order chi connectivity index (χ0) is 11.9.